The van der Waals surface area contributed by atoms with Gasteiger partial charge in [-0.25, -0.2) is 0 Å². The van der Waals surface area contributed by atoms with Crippen molar-refractivity contribution in [3.63, 3.8) is 0 Å². The summed E-state index contributed by atoms with van der Waals surface area (Å²) in [6.07, 6.45) is 1.72. The Labute approximate surface area is 189 Å². The average Bonchev–Trinajstić information content (AvgIpc) is 2.72. The van der Waals surface area contributed by atoms with E-state index in [-0.39, 0.29) is 24.4 Å². The number of aryl methyl sites for hydroxylation is 2. The van der Waals surface area contributed by atoms with Crippen molar-refractivity contribution >= 4 is 35.0 Å². The van der Waals surface area contributed by atoms with Gasteiger partial charge in [-0.1, -0.05) is 66.0 Å². The Balaban J connectivity index is 2.21. The third-order valence-corrected chi connectivity index (χ3v) is 6.01. The number of carbonyl (C=O) groups is 2. The van der Waals surface area contributed by atoms with E-state index in [4.69, 9.17) is 23.2 Å². The van der Waals surface area contributed by atoms with Crippen LogP contribution in [0.2, 0.25) is 10.0 Å². The molecular weight excluding hydrogens is 419 g/mol. The lowest BCUT2D eigenvalue weighted by atomic mass is 10.1. The van der Waals surface area contributed by atoms with Gasteiger partial charge in [0.2, 0.25) is 11.8 Å². The van der Waals surface area contributed by atoms with E-state index in [2.05, 4.69) is 5.32 Å². The van der Waals surface area contributed by atoms with Gasteiger partial charge in [-0.3, -0.25) is 9.59 Å². The quantitative estimate of drug-likeness (QED) is 0.545. The van der Waals surface area contributed by atoms with Gasteiger partial charge in [0.1, 0.15) is 6.04 Å². The Morgan fingerprint density at radius 1 is 1.03 bits per heavy atom. The second-order valence-electron chi connectivity index (χ2n) is 7.70. The zero-order valence-corrected chi connectivity index (χ0v) is 19.6. The highest BCUT2D eigenvalue weighted by molar-refractivity contribution is 6.36. The van der Waals surface area contributed by atoms with E-state index in [1.165, 1.54) is 5.56 Å². The Bertz CT molecular complexity index is 848. The Morgan fingerprint density at radius 3 is 2.20 bits per heavy atom. The second kappa shape index (κ2) is 11.4. The molecule has 0 saturated heterocycles. The van der Waals surface area contributed by atoms with E-state index in [1.807, 2.05) is 45.0 Å². The van der Waals surface area contributed by atoms with Crippen LogP contribution in [0.3, 0.4) is 0 Å². The van der Waals surface area contributed by atoms with Crippen LogP contribution in [0, 0.1) is 6.92 Å². The Morgan fingerprint density at radius 2 is 1.63 bits per heavy atom. The molecule has 0 bridgehead atoms. The Kier molecular flexibility index (Phi) is 9.19. The van der Waals surface area contributed by atoms with Crippen LogP contribution >= 0.6 is 23.2 Å². The number of nitrogens with zero attached hydrogens (tertiary/aromatic N) is 1. The number of nitrogens with one attached hydrogen (secondary N) is 1. The van der Waals surface area contributed by atoms with Gasteiger partial charge >= 0.3 is 0 Å². The molecule has 0 aliphatic rings. The molecule has 0 fully saturated rings. The molecule has 2 rings (SSSR count). The molecule has 0 aliphatic heterocycles. The summed E-state index contributed by atoms with van der Waals surface area (Å²) in [6.45, 7) is 7.90. The molecule has 1 N–H and O–H groups in total. The van der Waals surface area contributed by atoms with E-state index in [0.717, 1.165) is 12.0 Å². The summed E-state index contributed by atoms with van der Waals surface area (Å²) in [4.78, 5) is 27.5. The zero-order chi connectivity index (χ0) is 22.3. The molecule has 0 unspecified atom stereocenters. The van der Waals surface area contributed by atoms with Gasteiger partial charge < -0.3 is 10.2 Å². The van der Waals surface area contributed by atoms with Gasteiger partial charge in [-0.05, 0) is 51.3 Å². The topological polar surface area (TPSA) is 49.4 Å². The number of hydrogen-bond donors (Lipinski definition) is 1. The van der Waals surface area contributed by atoms with Crippen LogP contribution in [0.5, 0.6) is 0 Å². The highest BCUT2D eigenvalue weighted by Gasteiger charge is 2.27. The van der Waals surface area contributed by atoms with Gasteiger partial charge in [0.05, 0.1) is 0 Å². The highest BCUT2D eigenvalue weighted by atomic mass is 35.5. The number of rotatable bonds is 9. The normalized spacial score (nSPS) is 12.9. The first kappa shape index (κ1) is 24.2. The summed E-state index contributed by atoms with van der Waals surface area (Å²) >= 11 is 12.7. The lowest BCUT2D eigenvalue weighted by Gasteiger charge is -2.30. The van der Waals surface area contributed by atoms with E-state index < -0.39 is 6.04 Å². The van der Waals surface area contributed by atoms with Gasteiger partial charge in [0, 0.05) is 34.6 Å². The van der Waals surface area contributed by atoms with Crippen LogP contribution in [-0.4, -0.2) is 28.8 Å². The highest BCUT2D eigenvalue weighted by Crippen LogP contribution is 2.27. The van der Waals surface area contributed by atoms with Crippen molar-refractivity contribution in [3.05, 3.63) is 69.2 Å². The molecule has 0 aliphatic carbocycles. The largest absolute Gasteiger partial charge is 0.352 e. The average molecular weight is 449 g/mol. The van der Waals surface area contributed by atoms with Gasteiger partial charge in [-0.15, -0.1) is 0 Å². The maximum Gasteiger partial charge on any atom is 0.242 e. The van der Waals surface area contributed by atoms with Crippen LogP contribution in [0.1, 0.15) is 50.3 Å². The summed E-state index contributed by atoms with van der Waals surface area (Å²) in [6, 6.07) is 12.7. The van der Waals surface area contributed by atoms with E-state index in [1.54, 1.807) is 30.0 Å². The number of hydrogen-bond acceptors (Lipinski definition) is 2. The molecule has 4 nitrogen and oxygen atoms in total. The fraction of sp³-hybridized carbons (Fsp3) is 0.417. The fourth-order valence-electron chi connectivity index (χ4n) is 3.05. The van der Waals surface area contributed by atoms with Gasteiger partial charge in [-0.2, -0.15) is 0 Å². The van der Waals surface area contributed by atoms with Crippen molar-refractivity contribution < 1.29 is 9.59 Å². The van der Waals surface area contributed by atoms with Gasteiger partial charge in [0.15, 0.2) is 0 Å². The molecule has 0 aromatic heterocycles. The Hall–Kier alpha value is -2.04. The summed E-state index contributed by atoms with van der Waals surface area (Å²) in [5.74, 6) is -0.297. The van der Waals surface area contributed by atoms with Crippen molar-refractivity contribution in [2.24, 2.45) is 0 Å². The molecule has 0 spiro atoms. The van der Waals surface area contributed by atoms with Crippen molar-refractivity contribution in [1.29, 1.82) is 0 Å². The predicted molar refractivity (Wildman–Crippen MR) is 124 cm³/mol. The molecule has 2 aromatic carbocycles. The molecule has 0 heterocycles. The molecule has 162 valence electrons. The number of benzene rings is 2. The number of amides is 2. The molecule has 2 aromatic rings. The molecule has 0 saturated carbocycles. The monoisotopic (exact) mass is 448 g/mol. The second-order valence-corrected chi connectivity index (χ2v) is 8.52. The minimum atomic E-state index is -0.642. The summed E-state index contributed by atoms with van der Waals surface area (Å²) in [5, 5.41) is 3.92. The lowest BCUT2D eigenvalue weighted by molar-refractivity contribution is -0.140. The van der Waals surface area contributed by atoms with Crippen LogP contribution < -0.4 is 5.32 Å². The summed E-state index contributed by atoms with van der Waals surface area (Å²) in [5.41, 5.74) is 2.91. The summed E-state index contributed by atoms with van der Waals surface area (Å²) in [7, 11) is 0. The number of halogens is 2. The summed E-state index contributed by atoms with van der Waals surface area (Å²) < 4.78 is 0. The van der Waals surface area contributed by atoms with Crippen LogP contribution in [0.25, 0.3) is 0 Å². The zero-order valence-electron chi connectivity index (χ0n) is 18.0. The first-order valence-corrected chi connectivity index (χ1v) is 11.1. The van der Waals surface area contributed by atoms with E-state index >= 15 is 0 Å². The van der Waals surface area contributed by atoms with E-state index in [0.29, 0.717) is 28.5 Å². The van der Waals surface area contributed by atoms with Crippen LogP contribution in [0.4, 0.5) is 0 Å². The molecule has 30 heavy (non-hydrogen) atoms. The van der Waals surface area contributed by atoms with Crippen molar-refractivity contribution in [3.8, 4) is 0 Å². The smallest absolute Gasteiger partial charge is 0.242 e. The molecule has 2 amide bonds. The van der Waals surface area contributed by atoms with Crippen LogP contribution in [-0.2, 0) is 22.6 Å². The van der Waals surface area contributed by atoms with Crippen molar-refractivity contribution in [1.82, 2.24) is 10.2 Å². The van der Waals surface area contributed by atoms with Gasteiger partial charge in [0.25, 0.3) is 0 Å². The molecule has 0 radical (unpaired) electrons. The first-order valence-electron chi connectivity index (χ1n) is 10.3. The molecular formula is C24H30Cl2N2O2. The number of carbonyl (C=O) groups excluding carboxylic acids is 2. The predicted octanol–water partition coefficient (Wildman–Crippen LogP) is 5.57. The maximum absolute atomic E-state index is 13.2. The van der Waals surface area contributed by atoms with Crippen molar-refractivity contribution in [2.45, 2.75) is 65.6 Å². The van der Waals surface area contributed by atoms with Crippen molar-refractivity contribution in [2.75, 3.05) is 0 Å². The maximum atomic E-state index is 13.2. The first-order chi connectivity index (χ1) is 14.2. The third kappa shape index (κ3) is 6.75. The minimum Gasteiger partial charge on any atom is -0.352 e. The standard InChI is InChI=1S/C24H30Cl2N2O2/c1-5-17(3)27-24(30)18(4)28(15-20-21(25)7-6-8-22(20)26)23(29)14-13-19-11-9-16(2)10-12-19/h6-12,17-18H,5,13-15H2,1-4H3,(H,27,30)/t17-,18-/m1/s1. The third-order valence-electron chi connectivity index (χ3n) is 5.31. The SMILES string of the molecule is CC[C@@H](C)NC(=O)[C@@H](C)N(Cc1c(Cl)cccc1Cl)C(=O)CCc1ccc(C)cc1. The lowest BCUT2D eigenvalue weighted by Crippen LogP contribution is -2.49. The molecule has 6 heteroatoms. The molecule has 2 atom stereocenters. The van der Waals surface area contributed by atoms with E-state index in [9.17, 15) is 9.59 Å². The fourth-order valence-corrected chi connectivity index (χ4v) is 3.57. The van der Waals surface area contributed by atoms with Crippen LogP contribution in [0.15, 0.2) is 42.5 Å². The minimum absolute atomic E-state index is 0.0355.